The third kappa shape index (κ3) is 10.0. The van der Waals surface area contributed by atoms with Crippen molar-refractivity contribution in [1.82, 2.24) is 10.6 Å². The predicted molar refractivity (Wildman–Crippen MR) is 184 cm³/mol. The highest BCUT2D eigenvalue weighted by atomic mass is 16.5. The van der Waals surface area contributed by atoms with Gasteiger partial charge in [-0.15, -0.1) is 0 Å². The number of rotatable bonds is 20. The molecule has 9 heteroatoms. The first kappa shape index (κ1) is 40.2. The van der Waals surface area contributed by atoms with Crippen molar-refractivity contribution in [2.24, 2.45) is 17.3 Å². The third-order valence-corrected chi connectivity index (χ3v) is 10.5. The van der Waals surface area contributed by atoms with Crippen LogP contribution in [-0.2, 0) is 9.53 Å². The minimum atomic E-state index is -1.17. The molecule has 0 bridgehead atoms. The van der Waals surface area contributed by atoms with Gasteiger partial charge in [-0.05, 0) is 121 Å². The zero-order chi connectivity index (χ0) is 34.3. The molecule has 262 valence electrons. The number of allylic oxidation sites excluding steroid dienone is 7. The molecule has 0 aliphatic heterocycles. The summed E-state index contributed by atoms with van der Waals surface area (Å²) in [5, 5.41) is 61.4. The Bertz CT molecular complexity index is 1100. The van der Waals surface area contributed by atoms with E-state index in [9.17, 15) is 30.3 Å². The molecule has 0 aromatic rings. The molecule has 7 unspecified atom stereocenters. The summed E-state index contributed by atoms with van der Waals surface area (Å²) in [6, 6.07) is 0.127. The van der Waals surface area contributed by atoms with Gasteiger partial charge in [0.15, 0.2) is 0 Å². The molecule has 2 fully saturated rings. The molecule has 7 N–H and O–H groups in total. The van der Waals surface area contributed by atoms with Crippen molar-refractivity contribution < 1.29 is 35.1 Å². The van der Waals surface area contributed by atoms with Gasteiger partial charge in [0.25, 0.3) is 0 Å². The lowest BCUT2D eigenvalue weighted by atomic mass is 9.51. The standard InChI is InChI=1S/C37H62N2O7/c1-26(10-7-12-27(2)35(44)39-29(4)17-23-46-6)11-8-13-30(25-42)32-16-19-37(34(32)43)33(14-9-22-40)31(28(3)24-41)15-18-36(37,45)20-21-38-5/h8,11-13,24,29,32-35,38-40,42-45H,1,7,9-10,14-23,25H2,2-6H3. The molecule has 46 heavy (non-hydrogen) atoms. The van der Waals surface area contributed by atoms with E-state index in [1.807, 2.05) is 45.2 Å². The number of hydrogen-bond acceptors (Lipinski definition) is 9. The van der Waals surface area contributed by atoms with E-state index in [1.54, 1.807) is 14.0 Å². The molecule has 2 saturated carbocycles. The van der Waals surface area contributed by atoms with Crippen LogP contribution in [0.5, 0.6) is 0 Å². The number of nitrogens with one attached hydrogen (secondary N) is 2. The molecule has 0 heterocycles. The van der Waals surface area contributed by atoms with Gasteiger partial charge in [-0.3, -0.25) is 10.1 Å². The highest BCUT2D eigenvalue weighted by Gasteiger charge is 2.65. The summed E-state index contributed by atoms with van der Waals surface area (Å²) in [6.07, 6.45) is 12.7. The Morgan fingerprint density at radius 2 is 1.98 bits per heavy atom. The van der Waals surface area contributed by atoms with Crippen molar-refractivity contribution in [2.45, 2.75) is 109 Å². The van der Waals surface area contributed by atoms with Gasteiger partial charge in [-0.1, -0.05) is 42.0 Å². The van der Waals surface area contributed by atoms with Gasteiger partial charge >= 0.3 is 0 Å². The molecule has 0 radical (unpaired) electrons. The summed E-state index contributed by atoms with van der Waals surface area (Å²) >= 11 is 0. The highest BCUT2D eigenvalue weighted by molar-refractivity contribution is 5.74. The Morgan fingerprint density at radius 3 is 2.61 bits per heavy atom. The normalized spacial score (nSPS) is 29.8. The maximum Gasteiger partial charge on any atom is 0.145 e. The number of aliphatic hydroxyl groups excluding tert-OH is 4. The van der Waals surface area contributed by atoms with E-state index >= 15 is 0 Å². The maximum absolute atomic E-state index is 12.3. The highest BCUT2D eigenvalue weighted by Crippen LogP contribution is 2.63. The van der Waals surface area contributed by atoms with Crippen molar-refractivity contribution in [2.75, 3.05) is 40.5 Å². The van der Waals surface area contributed by atoms with Crippen molar-refractivity contribution in [1.29, 1.82) is 0 Å². The summed E-state index contributed by atoms with van der Waals surface area (Å²) in [5.74, 6) is -0.614. The molecule has 9 nitrogen and oxygen atoms in total. The average Bonchev–Trinajstić information content (AvgIpc) is 3.38. The minimum Gasteiger partial charge on any atom is -0.396 e. The van der Waals surface area contributed by atoms with Gasteiger partial charge in [-0.2, -0.15) is 0 Å². The second-order valence-electron chi connectivity index (χ2n) is 13.4. The fourth-order valence-electron chi connectivity index (χ4n) is 7.74. The molecular formula is C37H62N2O7. The Morgan fingerprint density at radius 1 is 1.24 bits per heavy atom. The van der Waals surface area contributed by atoms with E-state index in [0.29, 0.717) is 75.7 Å². The summed E-state index contributed by atoms with van der Waals surface area (Å²) in [5.41, 5.74) is 1.97. The van der Waals surface area contributed by atoms with E-state index in [0.717, 1.165) is 35.8 Å². The number of aliphatic hydroxyl groups is 5. The lowest BCUT2D eigenvalue weighted by Gasteiger charge is -2.57. The van der Waals surface area contributed by atoms with Crippen LogP contribution in [0.1, 0.15) is 85.0 Å². The van der Waals surface area contributed by atoms with Gasteiger partial charge in [0.1, 0.15) is 12.5 Å². The Kier molecular flexibility index (Phi) is 17.3. The zero-order valence-corrected chi connectivity index (χ0v) is 28.9. The second kappa shape index (κ2) is 19.8. The molecule has 7 atom stereocenters. The van der Waals surface area contributed by atoms with Crippen LogP contribution in [0, 0.1) is 17.3 Å². The van der Waals surface area contributed by atoms with Crippen molar-refractivity contribution in [3.8, 4) is 0 Å². The molecule has 2 aliphatic rings. The summed E-state index contributed by atoms with van der Waals surface area (Å²) in [6.45, 7) is 10.9. The van der Waals surface area contributed by atoms with Crippen LogP contribution in [0.25, 0.3) is 0 Å². The van der Waals surface area contributed by atoms with Crippen LogP contribution in [0.2, 0.25) is 0 Å². The molecule has 2 rings (SSSR count). The number of methoxy groups -OCH3 is 1. The number of ether oxygens (including phenoxy) is 1. The predicted octanol–water partition coefficient (Wildman–Crippen LogP) is 3.87. The number of carbonyl (C=O) groups is 1. The molecule has 0 saturated heterocycles. The lowest BCUT2D eigenvalue weighted by molar-refractivity contribution is -0.180. The van der Waals surface area contributed by atoms with Crippen molar-refractivity contribution >= 4 is 6.29 Å². The van der Waals surface area contributed by atoms with E-state index in [1.165, 1.54) is 0 Å². The summed E-state index contributed by atoms with van der Waals surface area (Å²) in [7, 11) is 3.50. The second-order valence-corrected chi connectivity index (χ2v) is 13.4. The van der Waals surface area contributed by atoms with E-state index in [4.69, 9.17) is 4.74 Å². The smallest absolute Gasteiger partial charge is 0.145 e. The largest absolute Gasteiger partial charge is 0.396 e. The molecule has 2 aliphatic carbocycles. The fourth-order valence-corrected chi connectivity index (χ4v) is 7.74. The lowest BCUT2D eigenvalue weighted by Crippen LogP contribution is -2.61. The van der Waals surface area contributed by atoms with Crippen LogP contribution in [0.3, 0.4) is 0 Å². The number of hydrogen-bond donors (Lipinski definition) is 7. The van der Waals surface area contributed by atoms with Crippen LogP contribution in [0.15, 0.2) is 58.7 Å². The van der Waals surface area contributed by atoms with Crippen molar-refractivity contribution in [3.05, 3.63) is 58.7 Å². The SMILES string of the molecule is C=C(C=CC=C(CO)C1CCC2(C(CCCO)C(=C(C)C=O)CCC2(O)CCNC)C1O)CCC=C(C)C(O)NC(C)CCOC. The molecule has 0 aromatic carbocycles. The van der Waals surface area contributed by atoms with Crippen LogP contribution in [-0.4, -0.2) is 96.3 Å². The topological polar surface area (TPSA) is 152 Å². The molecule has 0 aromatic heterocycles. The Balaban J connectivity index is 2.23. The van der Waals surface area contributed by atoms with Gasteiger partial charge in [0.05, 0.1) is 18.3 Å². The van der Waals surface area contributed by atoms with Crippen LogP contribution >= 0.6 is 0 Å². The van der Waals surface area contributed by atoms with E-state index in [2.05, 4.69) is 17.2 Å². The van der Waals surface area contributed by atoms with Gasteiger partial charge in [0.2, 0.25) is 0 Å². The number of carbonyl (C=O) groups excluding carboxylic acids is 1. The fraction of sp³-hybridized carbons (Fsp3) is 0.703. The van der Waals surface area contributed by atoms with Gasteiger partial charge in [-0.25, -0.2) is 0 Å². The first-order chi connectivity index (χ1) is 22.0. The van der Waals surface area contributed by atoms with Gasteiger partial charge in [0, 0.05) is 37.7 Å². The quantitative estimate of drug-likeness (QED) is 0.0344. The van der Waals surface area contributed by atoms with E-state index in [-0.39, 0.29) is 31.1 Å². The Hall–Kier alpha value is -1.95. The maximum atomic E-state index is 12.3. The first-order valence-electron chi connectivity index (χ1n) is 17.0. The van der Waals surface area contributed by atoms with Crippen LogP contribution < -0.4 is 10.6 Å². The number of aldehydes is 1. The molecule has 0 amide bonds. The average molecular weight is 647 g/mol. The van der Waals surface area contributed by atoms with Crippen LogP contribution in [0.4, 0.5) is 0 Å². The monoisotopic (exact) mass is 646 g/mol. The minimum absolute atomic E-state index is 0.00808. The molecular weight excluding hydrogens is 584 g/mol. The van der Waals surface area contributed by atoms with Gasteiger partial charge < -0.3 is 35.6 Å². The molecule has 1 spiro atoms. The zero-order valence-electron chi connectivity index (χ0n) is 28.9. The van der Waals surface area contributed by atoms with Crippen molar-refractivity contribution in [3.63, 3.8) is 0 Å². The Labute approximate surface area is 277 Å². The third-order valence-electron chi connectivity index (χ3n) is 10.5. The first-order valence-corrected chi connectivity index (χ1v) is 17.0. The van der Waals surface area contributed by atoms with E-state index < -0.39 is 23.3 Å². The summed E-state index contributed by atoms with van der Waals surface area (Å²) in [4.78, 5) is 11.9. The summed E-state index contributed by atoms with van der Waals surface area (Å²) < 4.78 is 5.10.